The molecule has 0 spiro atoms. The second-order valence-corrected chi connectivity index (χ2v) is 5.31. The van der Waals surface area contributed by atoms with Crippen LogP contribution in [0.5, 0.6) is 0 Å². The van der Waals surface area contributed by atoms with Crippen molar-refractivity contribution >= 4 is 23.0 Å². The lowest BCUT2D eigenvalue weighted by Crippen LogP contribution is -2.40. The van der Waals surface area contributed by atoms with Gasteiger partial charge in [0, 0.05) is 19.6 Å². The standard InChI is InChI=1S/C14H20N6O2/c1-3-20-13-11(17-18-20)12(15-9-16-13)19-7-5-6-10(8-19)14(21)22-4-2/h9-10H,3-8H2,1-2H3. The maximum absolute atomic E-state index is 12.0. The van der Waals surface area contributed by atoms with Gasteiger partial charge in [-0.15, -0.1) is 5.10 Å². The number of ether oxygens (including phenoxy) is 1. The lowest BCUT2D eigenvalue weighted by atomic mass is 9.98. The normalized spacial score (nSPS) is 18.6. The van der Waals surface area contributed by atoms with Gasteiger partial charge in [-0.05, 0) is 26.7 Å². The van der Waals surface area contributed by atoms with Crippen molar-refractivity contribution in [3.05, 3.63) is 6.33 Å². The molecule has 2 aromatic heterocycles. The molecule has 0 saturated carbocycles. The quantitative estimate of drug-likeness (QED) is 0.779. The summed E-state index contributed by atoms with van der Waals surface area (Å²) in [5.74, 6) is 0.508. The van der Waals surface area contributed by atoms with E-state index in [0.717, 1.165) is 30.9 Å². The van der Waals surface area contributed by atoms with E-state index < -0.39 is 0 Å². The summed E-state index contributed by atoms with van der Waals surface area (Å²) in [6, 6.07) is 0. The number of hydrogen-bond acceptors (Lipinski definition) is 7. The van der Waals surface area contributed by atoms with Gasteiger partial charge in [0.25, 0.3) is 0 Å². The number of rotatable bonds is 4. The molecule has 0 aromatic carbocycles. The van der Waals surface area contributed by atoms with Crippen LogP contribution in [0.25, 0.3) is 11.2 Å². The van der Waals surface area contributed by atoms with E-state index in [9.17, 15) is 4.79 Å². The van der Waals surface area contributed by atoms with Gasteiger partial charge in [0.15, 0.2) is 17.0 Å². The van der Waals surface area contributed by atoms with Crippen LogP contribution in [0.3, 0.4) is 0 Å². The summed E-state index contributed by atoms with van der Waals surface area (Å²) in [6.07, 6.45) is 3.31. The maximum atomic E-state index is 12.0. The first-order chi connectivity index (χ1) is 10.7. The lowest BCUT2D eigenvalue weighted by Gasteiger charge is -2.32. The van der Waals surface area contributed by atoms with E-state index in [4.69, 9.17) is 4.74 Å². The molecule has 0 aliphatic carbocycles. The number of carbonyl (C=O) groups is 1. The SMILES string of the molecule is CCOC(=O)C1CCCN(c2ncnc3c2nnn3CC)C1. The third-order valence-electron chi connectivity index (χ3n) is 3.92. The molecule has 1 fully saturated rings. The van der Waals surface area contributed by atoms with Crippen molar-refractivity contribution in [3.63, 3.8) is 0 Å². The molecule has 22 heavy (non-hydrogen) atoms. The third kappa shape index (κ3) is 2.60. The Kier molecular flexibility index (Phi) is 4.17. The van der Waals surface area contributed by atoms with Crippen LogP contribution in [0, 0.1) is 5.92 Å². The van der Waals surface area contributed by atoms with Gasteiger partial charge in [-0.2, -0.15) is 0 Å². The number of nitrogens with zero attached hydrogens (tertiary/aromatic N) is 6. The number of aromatic nitrogens is 5. The van der Waals surface area contributed by atoms with Gasteiger partial charge in [-0.3, -0.25) is 4.79 Å². The lowest BCUT2D eigenvalue weighted by molar-refractivity contribution is -0.148. The summed E-state index contributed by atoms with van der Waals surface area (Å²) in [6.45, 7) is 6.39. The predicted octanol–water partition coefficient (Wildman–Crippen LogP) is 1.02. The molecular formula is C14H20N6O2. The van der Waals surface area contributed by atoms with Crippen LogP contribution in [-0.4, -0.2) is 50.6 Å². The van der Waals surface area contributed by atoms with Gasteiger partial charge in [-0.25, -0.2) is 14.6 Å². The smallest absolute Gasteiger partial charge is 0.310 e. The summed E-state index contributed by atoms with van der Waals surface area (Å²) in [7, 11) is 0. The average Bonchev–Trinajstić information content (AvgIpc) is 2.98. The third-order valence-corrected chi connectivity index (χ3v) is 3.92. The monoisotopic (exact) mass is 304 g/mol. The first-order valence-corrected chi connectivity index (χ1v) is 7.70. The van der Waals surface area contributed by atoms with Gasteiger partial charge in [0.2, 0.25) is 0 Å². The zero-order chi connectivity index (χ0) is 15.5. The molecular weight excluding hydrogens is 284 g/mol. The number of anilines is 1. The predicted molar refractivity (Wildman–Crippen MR) is 80.4 cm³/mol. The highest BCUT2D eigenvalue weighted by atomic mass is 16.5. The number of esters is 1. The fourth-order valence-electron chi connectivity index (χ4n) is 2.85. The average molecular weight is 304 g/mol. The first-order valence-electron chi connectivity index (χ1n) is 7.70. The summed E-state index contributed by atoms with van der Waals surface area (Å²) < 4.78 is 6.89. The molecule has 0 radical (unpaired) electrons. The van der Waals surface area contributed by atoms with Crippen LogP contribution >= 0.6 is 0 Å². The Hall–Kier alpha value is -2.25. The second-order valence-electron chi connectivity index (χ2n) is 5.31. The summed E-state index contributed by atoms with van der Waals surface area (Å²) >= 11 is 0. The van der Waals surface area contributed by atoms with E-state index in [-0.39, 0.29) is 11.9 Å². The van der Waals surface area contributed by atoms with Crippen molar-refractivity contribution in [2.75, 3.05) is 24.6 Å². The Morgan fingerprint density at radius 2 is 2.27 bits per heavy atom. The molecule has 0 amide bonds. The van der Waals surface area contributed by atoms with Crippen LogP contribution in [-0.2, 0) is 16.1 Å². The number of aryl methyl sites for hydroxylation is 1. The molecule has 1 unspecified atom stereocenters. The molecule has 1 saturated heterocycles. The molecule has 1 atom stereocenters. The molecule has 1 aliphatic rings. The Morgan fingerprint density at radius 3 is 3.05 bits per heavy atom. The second kappa shape index (κ2) is 6.25. The minimum atomic E-state index is -0.130. The summed E-state index contributed by atoms with van der Waals surface area (Å²) in [5, 5.41) is 8.30. The highest BCUT2D eigenvalue weighted by molar-refractivity contribution is 5.83. The van der Waals surface area contributed by atoms with E-state index in [0.29, 0.717) is 25.2 Å². The van der Waals surface area contributed by atoms with Gasteiger partial charge in [0.05, 0.1) is 12.5 Å². The van der Waals surface area contributed by atoms with Crippen molar-refractivity contribution in [3.8, 4) is 0 Å². The van der Waals surface area contributed by atoms with E-state index in [1.54, 1.807) is 4.68 Å². The molecule has 3 rings (SSSR count). The minimum Gasteiger partial charge on any atom is -0.466 e. The van der Waals surface area contributed by atoms with Gasteiger partial charge < -0.3 is 9.64 Å². The Balaban J connectivity index is 1.87. The topological polar surface area (TPSA) is 86.0 Å². The van der Waals surface area contributed by atoms with Crippen molar-refractivity contribution in [2.24, 2.45) is 5.92 Å². The van der Waals surface area contributed by atoms with Gasteiger partial charge >= 0.3 is 5.97 Å². The van der Waals surface area contributed by atoms with Crippen LogP contribution in [0.2, 0.25) is 0 Å². The van der Waals surface area contributed by atoms with Gasteiger partial charge in [-0.1, -0.05) is 5.21 Å². The zero-order valence-corrected chi connectivity index (χ0v) is 12.9. The molecule has 8 nitrogen and oxygen atoms in total. The molecule has 8 heteroatoms. The Morgan fingerprint density at radius 1 is 1.41 bits per heavy atom. The van der Waals surface area contributed by atoms with Crippen LogP contribution in [0.1, 0.15) is 26.7 Å². The van der Waals surface area contributed by atoms with Crippen LogP contribution in [0.4, 0.5) is 5.82 Å². The van der Waals surface area contributed by atoms with Gasteiger partial charge in [0.1, 0.15) is 6.33 Å². The minimum absolute atomic E-state index is 0.111. The Bertz CT molecular complexity index is 670. The van der Waals surface area contributed by atoms with Crippen molar-refractivity contribution in [2.45, 2.75) is 33.2 Å². The number of piperidine rings is 1. The highest BCUT2D eigenvalue weighted by Gasteiger charge is 2.29. The zero-order valence-electron chi connectivity index (χ0n) is 12.9. The van der Waals surface area contributed by atoms with Crippen LogP contribution in [0.15, 0.2) is 6.33 Å². The highest BCUT2D eigenvalue weighted by Crippen LogP contribution is 2.26. The number of hydrogen-bond donors (Lipinski definition) is 0. The molecule has 3 heterocycles. The van der Waals surface area contributed by atoms with E-state index in [1.807, 2.05) is 13.8 Å². The number of fused-ring (bicyclic) bond motifs is 1. The van der Waals surface area contributed by atoms with Crippen molar-refractivity contribution in [1.29, 1.82) is 0 Å². The van der Waals surface area contributed by atoms with Crippen molar-refractivity contribution < 1.29 is 9.53 Å². The summed E-state index contributed by atoms with van der Waals surface area (Å²) in [4.78, 5) is 22.7. The largest absolute Gasteiger partial charge is 0.466 e. The Labute approximate surface area is 128 Å². The molecule has 0 bridgehead atoms. The molecule has 2 aromatic rings. The summed E-state index contributed by atoms with van der Waals surface area (Å²) in [5.41, 5.74) is 1.42. The first kappa shape index (κ1) is 14.7. The molecule has 118 valence electrons. The van der Waals surface area contributed by atoms with E-state index >= 15 is 0 Å². The van der Waals surface area contributed by atoms with E-state index in [1.165, 1.54) is 6.33 Å². The van der Waals surface area contributed by atoms with E-state index in [2.05, 4.69) is 25.2 Å². The van der Waals surface area contributed by atoms with Crippen molar-refractivity contribution in [1.82, 2.24) is 25.0 Å². The molecule has 0 N–H and O–H groups in total. The van der Waals surface area contributed by atoms with Crippen LogP contribution < -0.4 is 4.90 Å². The fraction of sp³-hybridized carbons (Fsp3) is 0.643. The maximum Gasteiger partial charge on any atom is 0.310 e. The fourth-order valence-corrected chi connectivity index (χ4v) is 2.85. The number of carbonyl (C=O) groups excluding carboxylic acids is 1. The molecule has 1 aliphatic heterocycles.